The molecule has 0 radical (unpaired) electrons. The topological polar surface area (TPSA) is 69.5 Å². The summed E-state index contributed by atoms with van der Waals surface area (Å²) in [5.74, 6) is 1.53. The van der Waals surface area contributed by atoms with Crippen molar-refractivity contribution in [3.05, 3.63) is 78.4 Å². The zero-order valence-corrected chi connectivity index (χ0v) is 18.5. The molecule has 3 aromatic rings. The van der Waals surface area contributed by atoms with Crippen LogP contribution in [0, 0.1) is 0 Å². The first-order valence-corrected chi connectivity index (χ1v) is 10.8. The van der Waals surface area contributed by atoms with Gasteiger partial charge in [-0.15, -0.1) is 0 Å². The second-order valence-corrected chi connectivity index (χ2v) is 7.21. The van der Waals surface area contributed by atoms with E-state index in [1.165, 1.54) is 19.3 Å². The van der Waals surface area contributed by atoms with Crippen molar-refractivity contribution in [2.75, 3.05) is 13.7 Å². The Morgan fingerprint density at radius 1 is 0.719 bits per heavy atom. The van der Waals surface area contributed by atoms with Crippen LogP contribution in [0.3, 0.4) is 0 Å². The van der Waals surface area contributed by atoms with Crippen LogP contribution < -0.4 is 14.2 Å². The smallest absolute Gasteiger partial charge is 0.343 e. The number of hydrogen-bond acceptors (Lipinski definition) is 6. The monoisotopic (exact) mass is 432 g/mol. The molecule has 0 fully saturated rings. The van der Waals surface area contributed by atoms with E-state index in [0.29, 0.717) is 23.6 Å². The van der Waals surface area contributed by atoms with Gasteiger partial charge < -0.3 is 14.2 Å². The van der Waals surface area contributed by atoms with Gasteiger partial charge in [-0.05, 0) is 79.2 Å². The number of methoxy groups -OCH3 is 1. The lowest BCUT2D eigenvalue weighted by molar-refractivity contribution is 0.0734. The number of rotatable bonds is 11. The predicted octanol–water partition coefficient (Wildman–Crippen LogP) is 7.29. The molecule has 3 rings (SSSR count). The zero-order chi connectivity index (χ0) is 22.6. The summed E-state index contributed by atoms with van der Waals surface area (Å²) >= 11 is 0. The number of carbonyl (C=O) groups is 1. The van der Waals surface area contributed by atoms with Crippen molar-refractivity contribution in [2.45, 2.75) is 32.6 Å². The summed E-state index contributed by atoms with van der Waals surface area (Å²) in [7, 11) is 1.62. The molecule has 3 aromatic carbocycles. The Hall–Kier alpha value is -3.67. The lowest BCUT2D eigenvalue weighted by Gasteiger charge is -2.07. The lowest BCUT2D eigenvalue weighted by atomic mass is 10.2. The highest BCUT2D eigenvalue weighted by molar-refractivity contribution is 5.91. The van der Waals surface area contributed by atoms with Crippen LogP contribution >= 0.6 is 0 Å². The maximum Gasteiger partial charge on any atom is 0.343 e. The molecule has 0 saturated heterocycles. The van der Waals surface area contributed by atoms with Crippen LogP contribution in [0.2, 0.25) is 0 Å². The number of nitrogens with zero attached hydrogens (tertiary/aromatic N) is 2. The summed E-state index contributed by atoms with van der Waals surface area (Å²) < 4.78 is 16.3. The summed E-state index contributed by atoms with van der Waals surface area (Å²) in [6.45, 7) is 2.87. The fourth-order valence-electron chi connectivity index (χ4n) is 2.92. The number of esters is 1. The molecule has 0 bridgehead atoms. The number of azo groups is 1. The van der Waals surface area contributed by atoms with Gasteiger partial charge in [0.25, 0.3) is 0 Å². The van der Waals surface area contributed by atoms with Crippen LogP contribution in [0.1, 0.15) is 43.0 Å². The molecule has 0 aromatic heterocycles. The van der Waals surface area contributed by atoms with Gasteiger partial charge in [0, 0.05) is 0 Å². The lowest BCUT2D eigenvalue weighted by Crippen LogP contribution is -2.08. The molecule has 6 nitrogen and oxygen atoms in total. The molecule has 166 valence electrons. The van der Waals surface area contributed by atoms with Crippen molar-refractivity contribution < 1.29 is 19.0 Å². The summed E-state index contributed by atoms with van der Waals surface area (Å²) in [6, 6.07) is 21.1. The van der Waals surface area contributed by atoms with E-state index >= 15 is 0 Å². The van der Waals surface area contributed by atoms with Gasteiger partial charge in [-0.25, -0.2) is 4.79 Å². The van der Waals surface area contributed by atoms with Crippen LogP contribution in [0.4, 0.5) is 11.4 Å². The van der Waals surface area contributed by atoms with Crippen LogP contribution in [0.15, 0.2) is 83.0 Å². The highest BCUT2D eigenvalue weighted by atomic mass is 16.5. The number of carbonyl (C=O) groups excluding carboxylic acids is 1. The van der Waals surface area contributed by atoms with E-state index in [9.17, 15) is 4.79 Å². The Labute approximate surface area is 188 Å². The van der Waals surface area contributed by atoms with Gasteiger partial charge in [0.2, 0.25) is 0 Å². The molecule has 0 spiro atoms. The van der Waals surface area contributed by atoms with Crippen molar-refractivity contribution in [3.8, 4) is 17.2 Å². The van der Waals surface area contributed by atoms with E-state index in [0.717, 1.165) is 23.6 Å². The minimum Gasteiger partial charge on any atom is -0.497 e. The van der Waals surface area contributed by atoms with Gasteiger partial charge in [-0.2, -0.15) is 10.2 Å². The zero-order valence-electron chi connectivity index (χ0n) is 18.5. The fraction of sp³-hybridized carbons (Fsp3) is 0.269. The summed E-state index contributed by atoms with van der Waals surface area (Å²) in [6.07, 6.45) is 4.63. The molecular weight excluding hydrogens is 404 g/mol. The standard InChI is InChI=1S/C26H28N2O4/c1-3-4-5-6-19-31-24-13-7-20(8-14-24)26(29)32-25-17-11-22(12-18-25)28-27-21-9-15-23(30-2)16-10-21/h7-18H,3-6,19H2,1-2H3. The highest BCUT2D eigenvalue weighted by Crippen LogP contribution is 2.23. The fourth-order valence-corrected chi connectivity index (χ4v) is 2.92. The maximum atomic E-state index is 12.4. The molecule has 32 heavy (non-hydrogen) atoms. The third-order valence-electron chi connectivity index (χ3n) is 4.76. The van der Waals surface area contributed by atoms with Crippen molar-refractivity contribution >= 4 is 17.3 Å². The number of unbranched alkanes of at least 4 members (excludes halogenated alkanes) is 3. The average molecular weight is 433 g/mol. The van der Waals surface area contributed by atoms with E-state index in [2.05, 4.69) is 17.2 Å². The number of ether oxygens (including phenoxy) is 3. The van der Waals surface area contributed by atoms with Crippen molar-refractivity contribution in [2.24, 2.45) is 10.2 Å². The molecule has 0 aliphatic carbocycles. The van der Waals surface area contributed by atoms with Crippen LogP contribution in [0.25, 0.3) is 0 Å². The van der Waals surface area contributed by atoms with Gasteiger partial charge in [0.1, 0.15) is 17.2 Å². The van der Waals surface area contributed by atoms with Crippen molar-refractivity contribution in [3.63, 3.8) is 0 Å². The third-order valence-corrected chi connectivity index (χ3v) is 4.76. The van der Waals surface area contributed by atoms with Gasteiger partial charge >= 0.3 is 5.97 Å². The van der Waals surface area contributed by atoms with Gasteiger partial charge in [-0.1, -0.05) is 26.2 Å². The maximum absolute atomic E-state index is 12.4. The van der Waals surface area contributed by atoms with E-state index in [1.54, 1.807) is 55.6 Å². The minimum absolute atomic E-state index is 0.424. The van der Waals surface area contributed by atoms with E-state index in [-0.39, 0.29) is 0 Å². The molecule has 0 aliphatic heterocycles. The van der Waals surface area contributed by atoms with Crippen molar-refractivity contribution in [1.29, 1.82) is 0 Å². The van der Waals surface area contributed by atoms with E-state index in [4.69, 9.17) is 14.2 Å². The van der Waals surface area contributed by atoms with Crippen molar-refractivity contribution in [1.82, 2.24) is 0 Å². The second-order valence-electron chi connectivity index (χ2n) is 7.21. The molecule has 0 atom stereocenters. The highest BCUT2D eigenvalue weighted by Gasteiger charge is 2.09. The SMILES string of the molecule is CCCCCCOc1ccc(C(=O)Oc2ccc(N=Nc3ccc(OC)cc3)cc2)cc1. The van der Waals surface area contributed by atoms with Gasteiger partial charge in [0.15, 0.2) is 0 Å². The molecule has 0 unspecified atom stereocenters. The number of hydrogen-bond donors (Lipinski definition) is 0. The normalized spacial score (nSPS) is 10.8. The summed E-state index contributed by atoms with van der Waals surface area (Å²) in [5, 5.41) is 8.37. The van der Waals surface area contributed by atoms with Gasteiger partial charge in [0.05, 0.1) is 30.7 Å². The second kappa shape index (κ2) is 12.2. The average Bonchev–Trinajstić information content (AvgIpc) is 2.84. The molecule has 0 N–H and O–H groups in total. The Morgan fingerprint density at radius 3 is 1.84 bits per heavy atom. The molecular formula is C26H28N2O4. The summed E-state index contributed by atoms with van der Waals surface area (Å²) in [4.78, 5) is 12.4. The predicted molar refractivity (Wildman–Crippen MR) is 125 cm³/mol. The Bertz CT molecular complexity index is 998. The van der Waals surface area contributed by atoms with E-state index < -0.39 is 5.97 Å². The Balaban J connectivity index is 1.50. The van der Waals surface area contributed by atoms with E-state index in [1.807, 2.05) is 24.3 Å². The Kier molecular flexibility index (Phi) is 8.80. The molecule has 0 heterocycles. The first kappa shape index (κ1) is 23.0. The Morgan fingerprint density at radius 2 is 1.28 bits per heavy atom. The minimum atomic E-state index is -0.424. The third kappa shape index (κ3) is 7.23. The van der Waals surface area contributed by atoms with Crippen LogP contribution in [-0.2, 0) is 0 Å². The molecule has 0 amide bonds. The largest absolute Gasteiger partial charge is 0.497 e. The quantitative estimate of drug-likeness (QED) is 0.138. The van der Waals surface area contributed by atoms with Crippen LogP contribution in [-0.4, -0.2) is 19.7 Å². The first-order chi connectivity index (χ1) is 15.7. The summed E-state index contributed by atoms with van der Waals surface area (Å²) in [5.41, 5.74) is 1.84. The molecule has 6 heteroatoms. The van der Waals surface area contributed by atoms with Gasteiger partial charge in [-0.3, -0.25) is 0 Å². The molecule has 0 saturated carbocycles. The van der Waals surface area contributed by atoms with Crippen LogP contribution in [0.5, 0.6) is 17.2 Å². The number of benzene rings is 3. The first-order valence-electron chi connectivity index (χ1n) is 10.8. The molecule has 0 aliphatic rings.